The molecule has 138 valence electrons. The van der Waals surface area contributed by atoms with Crippen LogP contribution in [0.2, 0.25) is 0 Å². The quantitative estimate of drug-likeness (QED) is 0.678. The Kier molecular flexibility index (Phi) is 5.57. The summed E-state index contributed by atoms with van der Waals surface area (Å²) >= 11 is 1.35. The number of benzene rings is 2. The zero-order valence-electron chi connectivity index (χ0n) is 15.1. The molecule has 0 atom stereocenters. The minimum atomic E-state index is -0.567. The molecule has 0 spiro atoms. The molecule has 1 aromatic heterocycles. The van der Waals surface area contributed by atoms with Gasteiger partial charge >= 0.3 is 0 Å². The van der Waals surface area contributed by atoms with E-state index in [-0.39, 0.29) is 5.91 Å². The van der Waals surface area contributed by atoms with Gasteiger partial charge in [-0.2, -0.15) is 0 Å². The summed E-state index contributed by atoms with van der Waals surface area (Å²) in [5.74, 6) is -0.250. The van der Waals surface area contributed by atoms with E-state index in [0.717, 1.165) is 16.0 Å². The summed E-state index contributed by atoms with van der Waals surface area (Å²) in [4.78, 5) is 25.4. The third kappa shape index (κ3) is 4.35. The number of hydrogen-bond acceptors (Lipinski definition) is 4. The molecule has 0 bridgehead atoms. The van der Waals surface area contributed by atoms with Crippen LogP contribution in [0.15, 0.2) is 54.6 Å². The molecular weight excluding hydrogens is 360 g/mol. The Morgan fingerprint density at radius 3 is 2.52 bits per heavy atom. The normalized spacial score (nSPS) is 10.4. The second kappa shape index (κ2) is 8.05. The fourth-order valence-corrected chi connectivity index (χ4v) is 3.83. The van der Waals surface area contributed by atoms with Crippen LogP contribution in [0.5, 0.6) is 5.75 Å². The maximum atomic E-state index is 12.6. The van der Waals surface area contributed by atoms with Crippen LogP contribution in [0.4, 0.5) is 5.00 Å². The predicted octanol–water partition coefficient (Wildman–Crippen LogP) is 4.01. The molecule has 6 heteroatoms. The second-order valence-corrected chi connectivity index (χ2v) is 7.26. The number of thiophene rings is 1. The number of ether oxygens (including phenoxy) is 1. The number of primary amides is 1. The Labute approximate surface area is 161 Å². The number of carbonyl (C=O) groups excluding carboxylic acids is 2. The van der Waals surface area contributed by atoms with Gasteiger partial charge in [0.25, 0.3) is 11.8 Å². The Hall–Kier alpha value is -3.12. The Morgan fingerprint density at radius 1 is 1.11 bits per heavy atom. The van der Waals surface area contributed by atoms with Crippen LogP contribution in [-0.2, 0) is 6.42 Å². The van der Waals surface area contributed by atoms with Gasteiger partial charge in [-0.25, -0.2) is 0 Å². The first-order valence-corrected chi connectivity index (χ1v) is 9.22. The van der Waals surface area contributed by atoms with Crippen molar-refractivity contribution in [3.63, 3.8) is 0 Å². The fraction of sp³-hybridized carbons (Fsp3) is 0.143. The van der Waals surface area contributed by atoms with Crippen molar-refractivity contribution in [3.05, 3.63) is 81.7 Å². The molecule has 27 heavy (non-hydrogen) atoms. The number of nitrogens with one attached hydrogen (secondary N) is 1. The zero-order valence-corrected chi connectivity index (χ0v) is 15.9. The van der Waals surface area contributed by atoms with Gasteiger partial charge in [0.15, 0.2) is 0 Å². The Balaban J connectivity index is 1.85. The van der Waals surface area contributed by atoms with E-state index in [0.29, 0.717) is 28.3 Å². The number of nitrogens with two attached hydrogens (primary N) is 1. The van der Waals surface area contributed by atoms with E-state index in [2.05, 4.69) is 5.32 Å². The van der Waals surface area contributed by atoms with E-state index in [4.69, 9.17) is 10.5 Å². The third-order valence-electron chi connectivity index (χ3n) is 4.17. The monoisotopic (exact) mass is 380 g/mol. The number of anilines is 1. The van der Waals surface area contributed by atoms with Crippen LogP contribution >= 0.6 is 11.3 Å². The summed E-state index contributed by atoms with van der Waals surface area (Å²) < 4.78 is 5.27. The van der Waals surface area contributed by atoms with Gasteiger partial charge < -0.3 is 15.8 Å². The van der Waals surface area contributed by atoms with Crippen LogP contribution in [0, 0.1) is 6.92 Å². The number of rotatable bonds is 6. The average Bonchev–Trinajstić information content (AvgIpc) is 3.05. The minimum absolute atomic E-state index is 0.316. The van der Waals surface area contributed by atoms with E-state index < -0.39 is 5.91 Å². The van der Waals surface area contributed by atoms with Crippen molar-refractivity contribution in [2.24, 2.45) is 5.73 Å². The highest BCUT2D eigenvalue weighted by atomic mass is 32.1. The number of carbonyl (C=O) groups is 2. The van der Waals surface area contributed by atoms with Crippen molar-refractivity contribution in [1.82, 2.24) is 0 Å². The Morgan fingerprint density at radius 2 is 1.85 bits per heavy atom. The predicted molar refractivity (Wildman–Crippen MR) is 108 cm³/mol. The van der Waals surface area contributed by atoms with E-state index in [1.54, 1.807) is 25.3 Å². The lowest BCUT2D eigenvalue weighted by Crippen LogP contribution is -2.16. The van der Waals surface area contributed by atoms with Gasteiger partial charge in [0, 0.05) is 16.9 Å². The van der Waals surface area contributed by atoms with E-state index >= 15 is 0 Å². The highest BCUT2D eigenvalue weighted by molar-refractivity contribution is 7.16. The maximum Gasteiger partial charge on any atom is 0.256 e. The summed E-state index contributed by atoms with van der Waals surface area (Å²) in [7, 11) is 1.56. The topological polar surface area (TPSA) is 81.4 Å². The minimum Gasteiger partial charge on any atom is -0.496 e. The molecule has 2 aromatic carbocycles. The second-order valence-electron chi connectivity index (χ2n) is 6.12. The third-order valence-corrected chi connectivity index (χ3v) is 5.22. The standard InChI is InChI=1S/C21H20N2O3S/c1-13-8-9-15(11-18(13)26-2)20(25)23-21-17(19(22)24)12-16(27-21)10-14-6-4-3-5-7-14/h3-9,11-12H,10H2,1-2H3,(H2,22,24)(H,23,25). The van der Waals surface area contributed by atoms with Gasteiger partial charge in [-0.1, -0.05) is 36.4 Å². The molecular formula is C21H20N2O3S. The molecule has 0 aliphatic carbocycles. The van der Waals surface area contributed by atoms with E-state index in [9.17, 15) is 9.59 Å². The van der Waals surface area contributed by atoms with Crippen LogP contribution in [0.3, 0.4) is 0 Å². The van der Waals surface area contributed by atoms with Crippen molar-refractivity contribution in [2.45, 2.75) is 13.3 Å². The number of aryl methyl sites for hydroxylation is 1. The number of methoxy groups -OCH3 is 1. The fourth-order valence-electron chi connectivity index (χ4n) is 2.74. The van der Waals surface area contributed by atoms with E-state index in [1.807, 2.05) is 43.3 Å². The zero-order chi connectivity index (χ0) is 19.4. The molecule has 0 fully saturated rings. The van der Waals surface area contributed by atoms with Gasteiger partial charge in [0.05, 0.1) is 12.7 Å². The average molecular weight is 380 g/mol. The molecule has 1 heterocycles. The molecule has 3 N–H and O–H groups in total. The molecule has 0 aliphatic heterocycles. The first kappa shape index (κ1) is 18.7. The number of hydrogen-bond donors (Lipinski definition) is 2. The Bertz CT molecular complexity index is 980. The van der Waals surface area contributed by atoms with Crippen molar-refractivity contribution < 1.29 is 14.3 Å². The molecule has 0 saturated heterocycles. The lowest BCUT2D eigenvalue weighted by Gasteiger charge is -2.08. The van der Waals surface area contributed by atoms with Crippen molar-refractivity contribution >= 4 is 28.2 Å². The molecule has 3 aromatic rings. The molecule has 2 amide bonds. The van der Waals surface area contributed by atoms with E-state index in [1.165, 1.54) is 11.3 Å². The first-order valence-electron chi connectivity index (χ1n) is 8.40. The van der Waals surface area contributed by atoms with Crippen LogP contribution < -0.4 is 15.8 Å². The molecule has 0 aliphatic rings. The van der Waals surface area contributed by atoms with Gasteiger partial charge in [0.1, 0.15) is 10.8 Å². The van der Waals surface area contributed by atoms with Gasteiger partial charge in [0.2, 0.25) is 0 Å². The molecule has 0 saturated carbocycles. The van der Waals surface area contributed by atoms with Crippen molar-refractivity contribution in [1.29, 1.82) is 0 Å². The SMILES string of the molecule is COc1cc(C(=O)Nc2sc(Cc3ccccc3)cc2C(N)=O)ccc1C. The van der Waals surface area contributed by atoms with Crippen molar-refractivity contribution in [3.8, 4) is 5.75 Å². The van der Waals surface area contributed by atoms with Crippen molar-refractivity contribution in [2.75, 3.05) is 12.4 Å². The summed E-state index contributed by atoms with van der Waals surface area (Å²) in [5, 5.41) is 3.26. The largest absolute Gasteiger partial charge is 0.496 e. The molecule has 3 rings (SSSR count). The summed E-state index contributed by atoms with van der Waals surface area (Å²) in [6, 6.07) is 16.9. The highest BCUT2D eigenvalue weighted by Gasteiger charge is 2.17. The maximum absolute atomic E-state index is 12.6. The molecule has 5 nitrogen and oxygen atoms in total. The van der Waals surface area contributed by atoms with Crippen LogP contribution in [0.25, 0.3) is 0 Å². The lowest BCUT2D eigenvalue weighted by atomic mass is 10.1. The van der Waals surface area contributed by atoms with Crippen LogP contribution in [-0.4, -0.2) is 18.9 Å². The molecule has 0 radical (unpaired) electrons. The smallest absolute Gasteiger partial charge is 0.256 e. The van der Waals surface area contributed by atoms with Crippen LogP contribution in [0.1, 0.15) is 36.7 Å². The summed E-state index contributed by atoms with van der Waals surface area (Å²) in [6.45, 7) is 1.90. The highest BCUT2D eigenvalue weighted by Crippen LogP contribution is 2.30. The summed E-state index contributed by atoms with van der Waals surface area (Å²) in [5.41, 5.74) is 8.32. The summed E-state index contributed by atoms with van der Waals surface area (Å²) in [6.07, 6.45) is 0.667. The lowest BCUT2D eigenvalue weighted by molar-refractivity contribution is 0.100. The van der Waals surface area contributed by atoms with Gasteiger partial charge in [-0.3, -0.25) is 9.59 Å². The molecule has 0 unspecified atom stereocenters. The van der Waals surface area contributed by atoms with Gasteiger partial charge in [-0.05, 0) is 36.2 Å². The first-order chi connectivity index (χ1) is 13.0. The number of amides is 2. The van der Waals surface area contributed by atoms with Gasteiger partial charge in [-0.15, -0.1) is 11.3 Å².